The predicted molar refractivity (Wildman–Crippen MR) is 90.9 cm³/mol. The molecule has 2 rings (SSSR count). The van der Waals surface area contributed by atoms with E-state index in [1.807, 2.05) is 6.07 Å². The predicted octanol–water partition coefficient (Wildman–Crippen LogP) is 3.22. The standard InChI is InChI=1S/C18H21ClN2O3/c1-21-18(23)15(10-20)16(22)11-24-17-8-7-13(19)9-14(17)12-5-3-2-4-6-12/h7-9,12,15H,2-6,11H2,1H3,(H,21,23)/t15-/m0/s1. The lowest BCUT2D eigenvalue weighted by Gasteiger charge is -2.24. The maximum absolute atomic E-state index is 12.1. The van der Waals surface area contributed by atoms with E-state index in [-0.39, 0.29) is 6.61 Å². The zero-order valence-electron chi connectivity index (χ0n) is 13.7. The summed E-state index contributed by atoms with van der Waals surface area (Å²) in [4.78, 5) is 23.6. The van der Waals surface area contributed by atoms with E-state index < -0.39 is 17.6 Å². The highest BCUT2D eigenvalue weighted by Crippen LogP contribution is 2.38. The number of hydrogen-bond acceptors (Lipinski definition) is 4. The van der Waals surface area contributed by atoms with Crippen LogP contribution in [-0.2, 0) is 9.59 Å². The molecular formula is C18H21ClN2O3. The molecule has 0 saturated heterocycles. The van der Waals surface area contributed by atoms with Crippen molar-refractivity contribution in [3.8, 4) is 11.8 Å². The molecule has 1 fully saturated rings. The van der Waals surface area contributed by atoms with Crippen molar-refractivity contribution in [2.75, 3.05) is 13.7 Å². The van der Waals surface area contributed by atoms with Gasteiger partial charge in [0, 0.05) is 12.1 Å². The lowest BCUT2D eigenvalue weighted by molar-refractivity contribution is -0.132. The van der Waals surface area contributed by atoms with Crippen LogP contribution in [0.4, 0.5) is 0 Å². The topological polar surface area (TPSA) is 79.2 Å². The molecule has 1 atom stereocenters. The number of nitrogens with one attached hydrogen (secondary N) is 1. The van der Waals surface area contributed by atoms with Gasteiger partial charge in [-0.2, -0.15) is 5.26 Å². The van der Waals surface area contributed by atoms with E-state index in [1.165, 1.54) is 26.3 Å². The van der Waals surface area contributed by atoms with Gasteiger partial charge in [-0.25, -0.2) is 0 Å². The summed E-state index contributed by atoms with van der Waals surface area (Å²) in [5, 5.41) is 11.9. The average Bonchev–Trinajstić information content (AvgIpc) is 2.61. The van der Waals surface area contributed by atoms with Gasteiger partial charge in [-0.15, -0.1) is 0 Å². The van der Waals surface area contributed by atoms with E-state index in [2.05, 4.69) is 5.32 Å². The Morgan fingerprint density at radius 3 is 2.71 bits per heavy atom. The zero-order valence-corrected chi connectivity index (χ0v) is 14.4. The molecule has 1 aromatic carbocycles. The van der Waals surface area contributed by atoms with Crippen LogP contribution >= 0.6 is 11.6 Å². The van der Waals surface area contributed by atoms with Gasteiger partial charge in [0.2, 0.25) is 5.91 Å². The lowest BCUT2D eigenvalue weighted by atomic mass is 9.84. The molecule has 0 unspecified atom stereocenters. The molecule has 1 amide bonds. The second-order valence-corrected chi connectivity index (χ2v) is 6.38. The minimum Gasteiger partial charge on any atom is -0.485 e. The van der Waals surface area contributed by atoms with Crippen molar-refractivity contribution in [3.05, 3.63) is 28.8 Å². The van der Waals surface area contributed by atoms with Gasteiger partial charge < -0.3 is 10.1 Å². The summed E-state index contributed by atoms with van der Waals surface area (Å²) >= 11 is 6.11. The third-order valence-electron chi connectivity index (χ3n) is 4.35. The van der Waals surface area contributed by atoms with E-state index >= 15 is 0 Å². The Morgan fingerprint density at radius 1 is 1.38 bits per heavy atom. The first-order valence-corrected chi connectivity index (χ1v) is 8.50. The molecule has 1 aliphatic rings. The fraction of sp³-hybridized carbons (Fsp3) is 0.500. The monoisotopic (exact) mass is 348 g/mol. The van der Waals surface area contributed by atoms with Crippen molar-refractivity contribution in [2.24, 2.45) is 5.92 Å². The van der Waals surface area contributed by atoms with E-state index in [1.54, 1.807) is 18.2 Å². The molecule has 1 N–H and O–H groups in total. The summed E-state index contributed by atoms with van der Waals surface area (Å²) in [5.41, 5.74) is 1.00. The third-order valence-corrected chi connectivity index (χ3v) is 4.58. The highest BCUT2D eigenvalue weighted by Gasteiger charge is 2.26. The first-order valence-electron chi connectivity index (χ1n) is 8.13. The van der Waals surface area contributed by atoms with Gasteiger partial charge >= 0.3 is 0 Å². The van der Waals surface area contributed by atoms with Crippen LogP contribution in [0.5, 0.6) is 5.75 Å². The van der Waals surface area contributed by atoms with Crippen molar-refractivity contribution in [2.45, 2.75) is 38.0 Å². The SMILES string of the molecule is CNC(=O)[C@@H](C#N)C(=O)COc1ccc(Cl)cc1C1CCCCC1. The number of ether oxygens (including phenoxy) is 1. The maximum Gasteiger partial charge on any atom is 0.244 e. The Hall–Kier alpha value is -2.06. The number of Topliss-reactive ketones (excluding diaryl/α,β-unsaturated/α-hetero) is 1. The summed E-state index contributed by atoms with van der Waals surface area (Å²) < 4.78 is 5.65. The number of carbonyl (C=O) groups excluding carboxylic acids is 2. The second-order valence-electron chi connectivity index (χ2n) is 5.95. The van der Waals surface area contributed by atoms with Crippen molar-refractivity contribution < 1.29 is 14.3 Å². The molecule has 1 aromatic rings. The van der Waals surface area contributed by atoms with Crippen LogP contribution in [0.15, 0.2) is 18.2 Å². The number of nitrogens with zero attached hydrogens (tertiary/aromatic N) is 1. The second kappa shape index (κ2) is 8.70. The summed E-state index contributed by atoms with van der Waals surface area (Å²) in [7, 11) is 1.39. The molecule has 0 spiro atoms. The van der Waals surface area contributed by atoms with Gasteiger partial charge in [0.15, 0.2) is 11.7 Å². The van der Waals surface area contributed by atoms with Gasteiger partial charge in [0.25, 0.3) is 0 Å². The average molecular weight is 349 g/mol. The molecule has 0 heterocycles. The van der Waals surface area contributed by atoms with Gasteiger partial charge in [-0.05, 0) is 42.5 Å². The van der Waals surface area contributed by atoms with Gasteiger partial charge in [-0.1, -0.05) is 30.9 Å². The number of benzene rings is 1. The minimum atomic E-state index is -1.35. The molecular weight excluding hydrogens is 328 g/mol. The molecule has 128 valence electrons. The lowest BCUT2D eigenvalue weighted by Crippen LogP contribution is -2.34. The molecule has 6 heteroatoms. The molecule has 0 radical (unpaired) electrons. The maximum atomic E-state index is 12.1. The number of nitriles is 1. The number of amides is 1. The Kier molecular flexibility index (Phi) is 6.62. The largest absolute Gasteiger partial charge is 0.485 e. The highest BCUT2D eigenvalue weighted by atomic mass is 35.5. The molecule has 1 aliphatic carbocycles. The summed E-state index contributed by atoms with van der Waals surface area (Å²) in [6.45, 7) is -0.313. The third kappa shape index (κ3) is 4.48. The van der Waals surface area contributed by atoms with Crippen molar-refractivity contribution >= 4 is 23.3 Å². The van der Waals surface area contributed by atoms with Gasteiger partial charge in [0.1, 0.15) is 12.4 Å². The smallest absolute Gasteiger partial charge is 0.244 e. The molecule has 0 aliphatic heterocycles. The highest BCUT2D eigenvalue weighted by molar-refractivity contribution is 6.30. The summed E-state index contributed by atoms with van der Waals surface area (Å²) in [6, 6.07) is 7.07. The Labute approximate surface area is 146 Å². The van der Waals surface area contributed by atoms with Gasteiger partial charge in [0.05, 0.1) is 6.07 Å². The van der Waals surface area contributed by atoms with Crippen LogP contribution in [0.1, 0.15) is 43.6 Å². The number of carbonyl (C=O) groups is 2. The molecule has 5 nitrogen and oxygen atoms in total. The van der Waals surface area contributed by atoms with Crippen molar-refractivity contribution in [1.29, 1.82) is 5.26 Å². The zero-order chi connectivity index (χ0) is 17.5. The number of rotatable bonds is 6. The quantitative estimate of drug-likeness (QED) is 0.800. The Balaban J connectivity index is 2.10. The first-order chi connectivity index (χ1) is 11.6. The first kappa shape index (κ1) is 18.3. The van der Waals surface area contributed by atoms with Crippen LogP contribution in [-0.4, -0.2) is 25.3 Å². The van der Waals surface area contributed by atoms with E-state index in [4.69, 9.17) is 21.6 Å². The number of halogens is 1. The molecule has 0 aromatic heterocycles. The fourth-order valence-electron chi connectivity index (χ4n) is 3.04. The van der Waals surface area contributed by atoms with E-state index in [0.717, 1.165) is 18.4 Å². The number of hydrogen-bond donors (Lipinski definition) is 1. The van der Waals surface area contributed by atoms with Crippen LogP contribution in [0.3, 0.4) is 0 Å². The van der Waals surface area contributed by atoms with Crippen LogP contribution < -0.4 is 10.1 Å². The van der Waals surface area contributed by atoms with E-state index in [9.17, 15) is 9.59 Å². The summed E-state index contributed by atoms with van der Waals surface area (Å²) in [6.07, 6.45) is 5.72. The minimum absolute atomic E-state index is 0.313. The Morgan fingerprint density at radius 2 is 2.08 bits per heavy atom. The van der Waals surface area contributed by atoms with Crippen molar-refractivity contribution in [1.82, 2.24) is 5.32 Å². The van der Waals surface area contributed by atoms with Crippen LogP contribution in [0.25, 0.3) is 0 Å². The normalized spacial score (nSPS) is 16.0. The molecule has 1 saturated carbocycles. The molecule has 0 bridgehead atoms. The van der Waals surface area contributed by atoms with E-state index in [0.29, 0.717) is 16.7 Å². The van der Waals surface area contributed by atoms with Crippen molar-refractivity contribution in [3.63, 3.8) is 0 Å². The van der Waals surface area contributed by atoms with Gasteiger partial charge in [-0.3, -0.25) is 9.59 Å². The Bertz CT molecular complexity index is 648. The molecule has 24 heavy (non-hydrogen) atoms. The summed E-state index contributed by atoms with van der Waals surface area (Å²) in [5.74, 6) is -1.54. The number of ketones is 1. The van der Waals surface area contributed by atoms with Crippen LogP contribution in [0.2, 0.25) is 5.02 Å². The fourth-order valence-corrected chi connectivity index (χ4v) is 3.22. The van der Waals surface area contributed by atoms with Crippen LogP contribution in [0, 0.1) is 17.2 Å².